The Morgan fingerprint density at radius 1 is 1.10 bits per heavy atom. The second-order valence-electron chi connectivity index (χ2n) is 4.61. The summed E-state index contributed by atoms with van der Waals surface area (Å²) in [7, 11) is 0. The molecule has 3 aromatic rings. The summed E-state index contributed by atoms with van der Waals surface area (Å²) < 4.78 is 0. The Bertz CT molecular complexity index is 799. The number of nitrogens with two attached hydrogens (primary N) is 1. The number of fused-ring (bicyclic) bond motifs is 1. The molecule has 0 atom stereocenters. The summed E-state index contributed by atoms with van der Waals surface area (Å²) in [6.07, 6.45) is 5.29. The molecule has 0 aliphatic heterocycles. The molecule has 0 fully saturated rings. The monoisotopic (exact) mass is 262 g/mol. The van der Waals surface area contributed by atoms with Crippen molar-refractivity contribution in [3.05, 3.63) is 71.9 Å². The van der Waals surface area contributed by atoms with Crippen LogP contribution in [0.2, 0.25) is 0 Å². The molecule has 20 heavy (non-hydrogen) atoms. The second kappa shape index (κ2) is 5.05. The normalized spacial score (nSPS) is 11.2. The second-order valence-corrected chi connectivity index (χ2v) is 4.61. The lowest BCUT2D eigenvalue weighted by atomic mass is 10.1. The van der Waals surface area contributed by atoms with Gasteiger partial charge < -0.3 is 10.7 Å². The Labute approximate surface area is 116 Å². The highest BCUT2D eigenvalue weighted by molar-refractivity contribution is 6.08. The number of allylic oxidation sites excluding steroid dienone is 1. The number of carbonyl (C=O) groups is 1. The molecule has 0 unspecified atom stereocenters. The molecule has 0 aliphatic rings. The predicted octanol–water partition coefficient (Wildman–Crippen LogP) is 3.65. The van der Waals surface area contributed by atoms with Crippen molar-refractivity contribution >= 4 is 28.4 Å². The standard InChI is InChI=1S/C17H14N2O/c18-14-5-3-4-12(10-14)17(20)9-8-13-11-19-16-7-2-1-6-15(13)16/h1-11,19H,18H2/b9-8+. The first kappa shape index (κ1) is 12.2. The molecule has 1 aromatic heterocycles. The van der Waals surface area contributed by atoms with Crippen molar-refractivity contribution < 1.29 is 4.79 Å². The van der Waals surface area contributed by atoms with Crippen LogP contribution in [0.15, 0.2) is 60.8 Å². The number of hydrogen-bond acceptors (Lipinski definition) is 2. The van der Waals surface area contributed by atoms with Gasteiger partial charge in [-0.15, -0.1) is 0 Å². The minimum absolute atomic E-state index is 0.0532. The number of nitrogens with one attached hydrogen (secondary N) is 1. The van der Waals surface area contributed by atoms with Crippen molar-refractivity contribution in [3.8, 4) is 0 Å². The molecule has 3 nitrogen and oxygen atoms in total. The number of aromatic amines is 1. The molecule has 0 radical (unpaired) electrons. The fourth-order valence-electron chi connectivity index (χ4n) is 2.19. The lowest BCUT2D eigenvalue weighted by Crippen LogP contribution is -1.95. The van der Waals surface area contributed by atoms with Gasteiger partial charge in [0, 0.05) is 28.4 Å². The Kier molecular flexibility index (Phi) is 3.09. The first-order chi connectivity index (χ1) is 9.74. The highest BCUT2D eigenvalue weighted by atomic mass is 16.1. The van der Waals surface area contributed by atoms with E-state index >= 15 is 0 Å². The van der Waals surface area contributed by atoms with Crippen molar-refractivity contribution in [2.24, 2.45) is 0 Å². The topological polar surface area (TPSA) is 58.9 Å². The Morgan fingerprint density at radius 2 is 1.95 bits per heavy atom. The number of carbonyl (C=O) groups excluding carboxylic acids is 1. The number of rotatable bonds is 3. The highest BCUT2D eigenvalue weighted by Crippen LogP contribution is 2.19. The van der Waals surface area contributed by atoms with E-state index in [-0.39, 0.29) is 5.78 Å². The Hall–Kier alpha value is -2.81. The van der Waals surface area contributed by atoms with Crippen LogP contribution in [0.3, 0.4) is 0 Å². The maximum Gasteiger partial charge on any atom is 0.185 e. The van der Waals surface area contributed by atoms with Crippen molar-refractivity contribution in [2.45, 2.75) is 0 Å². The average molecular weight is 262 g/mol. The van der Waals surface area contributed by atoms with Gasteiger partial charge in [-0.1, -0.05) is 30.3 Å². The summed E-state index contributed by atoms with van der Waals surface area (Å²) in [6.45, 7) is 0. The lowest BCUT2D eigenvalue weighted by Gasteiger charge is -1.97. The van der Waals surface area contributed by atoms with Crippen LogP contribution in [0.1, 0.15) is 15.9 Å². The predicted molar refractivity (Wildman–Crippen MR) is 82.5 cm³/mol. The summed E-state index contributed by atoms with van der Waals surface area (Å²) in [6, 6.07) is 15.0. The number of H-pyrrole nitrogens is 1. The summed E-state index contributed by atoms with van der Waals surface area (Å²) in [5, 5.41) is 1.10. The number of anilines is 1. The molecular formula is C17H14N2O. The van der Waals surface area contributed by atoms with Gasteiger partial charge in [-0.25, -0.2) is 0 Å². The maximum atomic E-state index is 12.1. The van der Waals surface area contributed by atoms with Gasteiger partial charge in [-0.3, -0.25) is 4.79 Å². The first-order valence-corrected chi connectivity index (χ1v) is 6.38. The summed E-state index contributed by atoms with van der Waals surface area (Å²) >= 11 is 0. The zero-order chi connectivity index (χ0) is 13.9. The van der Waals surface area contributed by atoms with Crippen LogP contribution in [0.4, 0.5) is 5.69 Å². The van der Waals surface area contributed by atoms with E-state index in [2.05, 4.69) is 4.98 Å². The van der Waals surface area contributed by atoms with E-state index in [1.54, 1.807) is 30.3 Å². The van der Waals surface area contributed by atoms with E-state index in [1.807, 2.05) is 36.5 Å². The van der Waals surface area contributed by atoms with Crippen LogP contribution in [0.5, 0.6) is 0 Å². The maximum absolute atomic E-state index is 12.1. The van der Waals surface area contributed by atoms with E-state index < -0.39 is 0 Å². The Morgan fingerprint density at radius 3 is 2.80 bits per heavy atom. The number of benzene rings is 2. The van der Waals surface area contributed by atoms with Gasteiger partial charge in [0.25, 0.3) is 0 Å². The van der Waals surface area contributed by atoms with Crippen LogP contribution in [0, 0.1) is 0 Å². The molecule has 1 heterocycles. The van der Waals surface area contributed by atoms with E-state index in [9.17, 15) is 4.79 Å². The molecule has 0 saturated heterocycles. The molecule has 98 valence electrons. The largest absolute Gasteiger partial charge is 0.399 e. The number of aromatic nitrogens is 1. The van der Waals surface area contributed by atoms with Gasteiger partial charge in [0.1, 0.15) is 0 Å². The summed E-state index contributed by atoms with van der Waals surface area (Å²) in [4.78, 5) is 15.3. The molecule has 2 aromatic carbocycles. The van der Waals surface area contributed by atoms with Crippen molar-refractivity contribution in [1.29, 1.82) is 0 Å². The number of ketones is 1. The molecular weight excluding hydrogens is 248 g/mol. The zero-order valence-corrected chi connectivity index (χ0v) is 10.8. The molecule has 3 N–H and O–H groups in total. The molecule has 0 aliphatic carbocycles. The van der Waals surface area contributed by atoms with Gasteiger partial charge in [0.2, 0.25) is 0 Å². The number of nitrogen functional groups attached to an aromatic ring is 1. The average Bonchev–Trinajstić information content (AvgIpc) is 2.88. The third kappa shape index (κ3) is 2.34. The van der Waals surface area contributed by atoms with Crippen LogP contribution in [-0.4, -0.2) is 10.8 Å². The minimum atomic E-state index is -0.0532. The third-order valence-corrected chi connectivity index (χ3v) is 3.21. The van der Waals surface area contributed by atoms with E-state index in [1.165, 1.54) is 0 Å². The van der Waals surface area contributed by atoms with Gasteiger partial charge in [-0.05, 0) is 35.9 Å². The van der Waals surface area contributed by atoms with Gasteiger partial charge >= 0.3 is 0 Å². The fourth-order valence-corrected chi connectivity index (χ4v) is 2.19. The molecule has 3 heteroatoms. The van der Waals surface area contributed by atoms with Gasteiger partial charge in [0.05, 0.1) is 0 Å². The highest BCUT2D eigenvalue weighted by Gasteiger charge is 2.03. The fraction of sp³-hybridized carbons (Fsp3) is 0. The SMILES string of the molecule is Nc1cccc(C(=O)/C=C/c2c[nH]c3ccccc23)c1. The Balaban J connectivity index is 1.89. The summed E-state index contributed by atoms with van der Waals surface area (Å²) in [5.41, 5.74) is 8.93. The molecule has 0 bridgehead atoms. The lowest BCUT2D eigenvalue weighted by molar-refractivity contribution is 0.104. The van der Waals surface area contributed by atoms with Crippen molar-refractivity contribution in [3.63, 3.8) is 0 Å². The number of hydrogen-bond donors (Lipinski definition) is 2. The first-order valence-electron chi connectivity index (χ1n) is 6.38. The van der Waals surface area contributed by atoms with Crippen molar-refractivity contribution in [1.82, 2.24) is 4.98 Å². The van der Waals surface area contributed by atoms with E-state index in [0.717, 1.165) is 16.5 Å². The zero-order valence-electron chi connectivity index (χ0n) is 10.8. The van der Waals surface area contributed by atoms with Crippen LogP contribution < -0.4 is 5.73 Å². The van der Waals surface area contributed by atoms with E-state index in [4.69, 9.17) is 5.73 Å². The van der Waals surface area contributed by atoms with Crippen molar-refractivity contribution in [2.75, 3.05) is 5.73 Å². The van der Waals surface area contributed by atoms with Crippen LogP contribution in [-0.2, 0) is 0 Å². The minimum Gasteiger partial charge on any atom is -0.399 e. The molecule has 0 saturated carbocycles. The third-order valence-electron chi connectivity index (χ3n) is 3.21. The molecule has 0 spiro atoms. The van der Waals surface area contributed by atoms with E-state index in [0.29, 0.717) is 11.3 Å². The smallest absolute Gasteiger partial charge is 0.185 e. The van der Waals surface area contributed by atoms with Gasteiger partial charge in [0.15, 0.2) is 5.78 Å². The van der Waals surface area contributed by atoms with Crippen LogP contribution in [0.25, 0.3) is 17.0 Å². The van der Waals surface area contributed by atoms with Gasteiger partial charge in [-0.2, -0.15) is 0 Å². The quantitative estimate of drug-likeness (QED) is 0.430. The van der Waals surface area contributed by atoms with Crippen LogP contribution >= 0.6 is 0 Å². The molecule has 0 amide bonds. The number of para-hydroxylation sites is 1. The summed E-state index contributed by atoms with van der Waals surface area (Å²) in [5.74, 6) is -0.0532. The molecule has 3 rings (SSSR count).